The number of aromatic nitrogens is 1. The van der Waals surface area contributed by atoms with Crippen molar-refractivity contribution in [2.24, 2.45) is 29.4 Å². The maximum Gasteiger partial charge on any atom is 0.312 e. The first-order chi connectivity index (χ1) is 37.7. The molecule has 18 nitrogen and oxygen atoms in total. The number of carbonyl (C=O) groups excluding carboxylic acids is 9. The van der Waals surface area contributed by atoms with Crippen LogP contribution in [-0.2, 0) is 64.0 Å². The highest BCUT2D eigenvalue weighted by atomic mass is 35.5. The molecule has 0 fully saturated rings. The van der Waals surface area contributed by atoms with Crippen molar-refractivity contribution in [3.63, 3.8) is 0 Å². The number of nitrogens with zero attached hydrogens (tertiary/aromatic N) is 1. The Kier molecular flexibility index (Phi) is 24.3. The van der Waals surface area contributed by atoms with E-state index in [2.05, 4.69) is 31.6 Å². The van der Waals surface area contributed by atoms with Gasteiger partial charge in [-0.3, -0.25) is 43.3 Å². The smallest absolute Gasteiger partial charge is 0.312 e. The second-order valence-electron chi connectivity index (χ2n) is 20.5. The molecule has 0 spiro atoms. The van der Waals surface area contributed by atoms with Crippen LogP contribution >= 0.6 is 11.6 Å². The lowest BCUT2D eigenvalue weighted by molar-refractivity contribution is -0.136. The number of carbonyl (C=O) groups is 9. The number of aromatic hydroxyl groups is 1. The summed E-state index contributed by atoms with van der Waals surface area (Å²) in [4.78, 5) is 127. The van der Waals surface area contributed by atoms with Crippen LogP contribution in [0.3, 0.4) is 0 Å². The zero-order chi connectivity index (χ0) is 57.6. The molecular formula is C60H72ClN7O11. The highest BCUT2D eigenvalue weighted by Gasteiger charge is 2.35. The van der Waals surface area contributed by atoms with E-state index >= 15 is 0 Å². The van der Waals surface area contributed by atoms with Crippen LogP contribution in [0.2, 0.25) is 5.02 Å². The SMILES string of the molecule is CC(=O)N[C@H](Cc1ccc2ccccc2c1)C(=O)N[C@H](Cc1ccc(Cl)cc1)C(=O)C[C@H](Cc1cccnc1)C(=O)N[C@@H](CO)C(=O)C[C@@H](Cc1ccc(O)cc1)C(=O)N[C@H](CCCNC(N)=O)C(=O)C[C@@H](CC(C)C)C(C)=O. The summed E-state index contributed by atoms with van der Waals surface area (Å²) in [5, 5.41) is 36.6. The van der Waals surface area contributed by atoms with Gasteiger partial charge in [0, 0.05) is 74.3 Å². The Morgan fingerprint density at radius 1 is 0.582 bits per heavy atom. The maximum atomic E-state index is 14.7. The van der Waals surface area contributed by atoms with Crippen molar-refractivity contribution in [1.29, 1.82) is 0 Å². The van der Waals surface area contributed by atoms with Gasteiger partial charge in [0.15, 0.2) is 17.3 Å². The number of Topliss-reactive ketones (excluding diaryl/α,β-unsaturated/α-hetero) is 4. The van der Waals surface area contributed by atoms with E-state index in [-0.39, 0.29) is 68.9 Å². The fourth-order valence-electron chi connectivity index (χ4n) is 9.42. The van der Waals surface area contributed by atoms with Crippen molar-refractivity contribution in [3.8, 4) is 5.75 Å². The molecule has 5 rings (SSSR count). The van der Waals surface area contributed by atoms with Crippen LogP contribution < -0.4 is 32.3 Å². The Morgan fingerprint density at radius 2 is 1.13 bits per heavy atom. The van der Waals surface area contributed by atoms with Crippen molar-refractivity contribution in [2.75, 3.05) is 13.2 Å². The number of aliphatic hydroxyl groups excluding tert-OH is 1. The number of amides is 6. The standard InChI is InChI=1S/C60H72ClN7O11/c1-36(2)25-45(37(3)70)31-54(73)50(12-8-24-64-60(62)79)66-57(76)46(26-39-16-21-49(72)22-17-39)33-56(75)53(35-69)68-58(77)47(28-42-9-7-23-63-34-42)32-55(74)51(29-40-14-19-48(61)20-15-40)67-59(78)52(65-38(4)71)30-41-13-18-43-10-5-6-11-44(43)27-41/h5-7,9-11,13-23,27,34,36,45-47,50-53,69,72H,8,12,24-26,28-33,35H2,1-4H3,(H,65,71)(H,66,76)(H,67,78)(H,68,77)(H3,62,64,79)/t45-,46-,47+,50-,51-,52-,53+/m1/s1. The number of phenolic OH excluding ortho intramolecular Hbond substituents is 1. The number of halogens is 1. The van der Waals surface area contributed by atoms with Gasteiger partial charge in [-0.1, -0.05) is 98.2 Å². The molecule has 19 heteroatoms. The zero-order valence-electron chi connectivity index (χ0n) is 45.0. The summed E-state index contributed by atoms with van der Waals surface area (Å²) >= 11 is 6.20. The lowest BCUT2D eigenvalue weighted by Gasteiger charge is -2.26. The molecule has 1 aromatic heterocycles. The number of benzene rings is 4. The van der Waals surface area contributed by atoms with Crippen molar-refractivity contribution in [1.82, 2.24) is 31.6 Å². The van der Waals surface area contributed by atoms with Crippen LogP contribution in [0, 0.1) is 23.7 Å². The highest BCUT2D eigenvalue weighted by Crippen LogP contribution is 2.24. The average Bonchev–Trinajstić information content (AvgIpc) is 3.41. The van der Waals surface area contributed by atoms with Crippen LogP contribution in [0.25, 0.3) is 10.8 Å². The number of urea groups is 1. The Hall–Kier alpha value is -7.83. The molecule has 0 saturated heterocycles. The van der Waals surface area contributed by atoms with Crippen LogP contribution in [0.1, 0.15) is 88.5 Å². The van der Waals surface area contributed by atoms with Gasteiger partial charge in [-0.05, 0) is 115 Å². The minimum atomic E-state index is -1.59. The predicted molar refractivity (Wildman–Crippen MR) is 299 cm³/mol. The van der Waals surface area contributed by atoms with Gasteiger partial charge in [-0.25, -0.2) is 4.79 Å². The number of rotatable bonds is 32. The first-order valence-electron chi connectivity index (χ1n) is 26.5. The van der Waals surface area contributed by atoms with Gasteiger partial charge in [0.25, 0.3) is 0 Å². The van der Waals surface area contributed by atoms with Gasteiger partial charge < -0.3 is 42.5 Å². The number of ketones is 4. The number of nitrogens with one attached hydrogen (secondary N) is 5. The maximum absolute atomic E-state index is 14.7. The fourth-order valence-corrected chi connectivity index (χ4v) is 9.55. The third kappa shape index (κ3) is 20.8. The van der Waals surface area contributed by atoms with E-state index in [4.69, 9.17) is 17.3 Å². The lowest BCUT2D eigenvalue weighted by atomic mass is 9.86. The van der Waals surface area contributed by atoms with Gasteiger partial charge >= 0.3 is 6.03 Å². The van der Waals surface area contributed by atoms with E-state index in [0.29, 0.717) is 28.1 Å². The van der Waals surface area contributed by atoms with Crippen LogP contribution in [-0.4, -0.2) is 105 Å². The van der Waals surface area contributed by atoms with E-state index in [0.717, 1.165) is 16.3 Å². The van der Waals surface area contributed by atoms with Gasteiger partial charge in [0.2, 0.25) is 23.6 Å². The molecule has 9 N–H and O–H groups in total. The molecule has 0 aliphatic rings. The van der Waals surface area contributed by atoms with Crippen LogP contribution in [0.4, 0.5) is 4.79 Å². The van der Waals surface area contributed by atoms with Crippen LogP contribution in [0.15, 0.2) is 116 Å². The molecule has 0 unspecified atom stereocenters. The number of hydrogen-bond donors (Lipinski definition) is 8. The Labute approximate surface area is 465 Å². The summed E-state index contributed by atoms with van der Waals surface area (Å²) in [5.74, 6) is -7.56. The second-order valence-corrected chi connectivity index (χ2v) is 21.0. The minimum Gasteiger partial charge on any atom is -0.508 e. The van der Waals surface area contributed by atoms with Crippen molar-refractivity contribution in [2.45, 2.75) is 116 Å². The summed E-state index contributed by atoms with van der Waals surface area (Å²) in [6, 6.07) is 23.5. The summed E-state index contributed by atoms with van der Waals surface area (Å²) in [5.41, 5.74) is 7.72. The van der Waals surface area contributed by atoms with E-state index in [1.54, 1.807) is 48.5 Å². The van der Waals surface area contributed by atoms with Gasteiger partial charge in [-0.15, -0.1) is 0 Å². The zero-order valence-corrected chi connectivity index (χ0v) is 45.8. The molecule has 0 bridgehead atoms. The van der Waals surface area contributed by atoms with E-state index in [1.807, 2.05) is 56.3 Å². The molecule has 0 aliphatic carbocycles. The number of nitrogens with two attached hydrogens (primary N) is 1. The normalized spacial score (nSPS) is 13.9. The second kappa shape index (κ2) is 30.9. The number of primary amides is 1. The molecule has 0 aliphatic heterocycles. The summed E-state index contributed by atoms with van der Waals surface area (Å²) < 4.78 is 0. The molecule has 79 heavy (non-hydrogen) atoms. The molecule has 1 heterocycles. The number of fused-ring (bicyclic) bond motifs is 1. The molecule has 7 atom stereocenters. The average molecular weight is 1100 g/mol. The first kappa shape index (κ1) is 62.0. The van der Waals surface area contributed by atoms with Crippen molar-refractivity contribution >= 4 is 75.2 Å². The Balaban J connectivity index is 1.40. The monoisotopic (exact) mass is 1100 g/mol. The fraction of sp³-hybridized carbons (Fsp3) is 0.400. The topological polar surface area (TPSA) is 293 Å². The van der Waals surface area contributed by atoms with Crippen molar-refractivity contribution < 1.29 is 53.4 Å². The third-order valence-corrected chi connectivity index (χ3v) is 13.9. The minimum absolute atomic E-state index is 0.0278. The number of pyridine rings is 1. The molecule has 0 radical (unpaired) electrons. The largest absolute Gasteiger partial charge is 0.508 e. The van der Waals surface area contributed by atoms with Gasteiger partial charge in [0.05, 0.1) is 18.7 Å². The van der Waals surface area contributed by atoms with E-state index < -0.39 is 108 Å². The van der Waals surface area contributed by atoms with Crippen LogP contribution in [0.5, 0.6) is 5.75 Å². The molecule has 0 saturated carbocycles. The summed E-state index contributed by atoms with van der Waals surface area (Å²) in [7, 11) is 0. The number of hydrogen-bond acceptors (Lipinski definition) is 12. The Bertz CT molecular complexity index is 2900. The molecule has 420 valence electrons. The van der Waals surface area contributed by atoms with Gasteiger partial charge in [-0.2, -0.15) is 0 Å². The third-order valence-electron chi connectivity index (χ3n) is 13.6. The molecule has 4 aromatic carbocycles. The summed E-state index contributed by atoms with van der Waals surface area (Å²) in [6.45, 7) is 5.71. The number of phenols is 1. The Morgan fingerprint density at radius 3 is 1.72 bits per heavy atom. The van der Waals surface area contributed by atoms with Gasteiger partial charge in [0.1, 0.15) is 23.6 Å². The van der Waals surface area contributed by atoms with E-state index in [9.17, 15) is 53.4 Å². The first-order valence-corrected chi connectivity index (χ1v) is 26.9. The molecule has 5 aromatic rings. The lowest BCUT2D eigenvalue weighted by Crippen LogP contribution is -2.53. The molecule has 6 amide bonds. The molecular weight excluding hydrogens is 1030 g/mol. The quantitative estimate of drug-likeness (QED) is 0.0243. The highest BCUT2D eigenvalue weighted by molar-refractivity contribution is 6.30. The van der Waals surface area contributed by atoms with E-state index in [1.165, 1.54) is 38.4 Å². The predicted octanol–water partition coefficient (Wildman–Crippen LogP) is 5.63. The number of aliphatic hydroxyl groups is 1. The summed E-state index contributed by atoms with van der Waals surface area (Å²) in [6.07, 6.45) is 2.48. The van der Waals surface area contributed by atoms with Crippen molar-refractivity contribution in [3.05, 3.63) is 143 Å².